The van der Waals surface area contributed by atoms with Gasteiger partial charge in [-0.3, -0.25) is 14.9 Å². The summed E-state index contributed by atoms with van der Waals surface area (Å²) in [5, 5.41) is 11.0. The minimum Gasteiger partial charge on any atom is -0.481 e. The van der Waals surface area contributed by atoms with Crippen molar-refractivity contribution in [3.8, 4) is 0 Å². The van der Waals surface area contributed by atoms with Gasteiger partial charge in [0.05, 0.1) is 0 Å². The van der Waals surface area contributed by atoms with Crippen molar-refractivity contribution in [1.82, 2.24) is 10.2 Å². The highest BCUT2D eigenvalue weighted by atomic mass is 32.2. The quantitative estimate of drug-likeness (QED) is 0.827. The summed E-state index contributed by atoms with van der Waals surface area (Å²) in [5.74, 6) is -0.781. The van der Waals surface area contributed by atoms with E-state index in [4.69, 9.17) is 5.11 Å². The maximum Gasteiger partial charge on any atom is 0.324 e. The highest BCUT2D eigenvalue weighted by Crippen LogP contribution is 2.30. The Morgan fingerprint density at radius 1 is 1.29 bits per heavy atom. The third-order valence-corrected chi connectivity index (χ3v) is 4.80. The fourth-order valence-corrected chi connectivity index (χ4v) is 3.26. The monoisotopic (exact) mass is 316 g/mol. The molecule has 7 heteroatoms. The van der Waals surface area contributed by atoms with Gasteiger partial charge in [-0.2, -0.15) is 11.8 Å². The van der Waals surface area contributed by atoms with Crippen LogP contribution in [-0.4, -0.2) is 51.5 Å². The molecule has 1 fully saturated rings. The summed E-state index contributed by atoms with van der Waals surface area (Å²) in [5.41, 5.74) is 0. The van der Waals surface area contributed by atoms with Crippen molar-refractivity contribution in [3.05, 3.63) is 0 Å². The molecule has 1 unspecified atom stereocenters. The standard InChI is InChI=1S/C14H24N2O4S/c1-10(9-12(18)19)8-11(17)15-13(20)16-5-4-14(2,3)21-7-6-16/h10H,4-9H2,1-3H3,(H,18,19)(H,15,17,20). The number of carbonyl (C=O) groups is 3. The van der Waals surface area contributed by atoms with Crippen LogP contribution in [0.1, 0.15) is 40.0 Å². The van der Waals surface area contributed by atoms with Crippen LogP contribution in [0.4, 0.5) is 4.79 Å². The van der Waals surface area contributed by atoms with Crippen LogP contribution in [0.15, 0.2) is 0 Å². The van der Waals surface area contributed by atoms with E-state index in [1.165, 1.54) is 0 Å². The molecule has 0 aromatic heterocycles. The Morgan fingerprint density at radius 2 is 1.95 bits per heavy atom. The van der Waals surface area contributed by atoms with Gasteiger partial charge in [0, 0.05) is 36.4 Å². The third kappa shape index (κ3) is 6.84. The molecular weight excluding hydrogens is 292 g/mol. The van der Waals surface area contributed by atoms with E-state index >= 15 is 0 Å². The van der Waals surface area contributed by atoms with Gasteiger partial charge in [-0.05, 0) is 12.3 Å². The van der Waals surface area contributed by atoms with E-state index in [1.54, 1.807) is 11.8 Å². The molecule has 3 amide bonds. The summed E-state index contributed by atoms with van der Waals surface area (Å²) >= 11 is 1.83. The maximum atomic E-state index is 12.0. The Morgan fingerprint density at radius 3 is 2.57 bits per heavy atom. The van der Waals surface area contributed by atoms with Gasteiger partial charge >= 0.3 is 12.0 Å². The molecular formula is C14H24N2O4S. The van der Waals surface area contributed by atoms with E-state index in [0.717, 1.165) is 12.2 Å². The van der Waals surface area contributed by atoms with Gasteiger partial charge in [0.1, 0.15) is 0 Å². The number of nitrogens with zero attached hydrogens (tertiary/aromatic N) is 1. The van der Waals surface area contributed by atoms with Crippen molar-refractivity contribution in [1.29, 1.82) is 0 Å². The minimum atomic E-state index is -0.937. The molecule has 2 N–H and O–H groups in total. The lowest BCUT2D eigenvalue weighted by Gasteiger charge is -2.22. The minimum absolute atomic E-state index is 0.0477. The zero-order valence-electron chi connectivity index (χ0n) is 12.8. The number of carbonyl (C=O) groups excluding carboxylic acids is 2. The van der Waals surface area contributed by atoms with Crippen LogP contribution in [-0.2, 0) is 9.59 Å². The summed E-state index contributed by atoms with van der Waals surface area (Å²) in [6.45, 7) is 7.24. The fourth-order valence-electron chi connectivity index (χ4n) is 2.16. The van der Waals surface area contributed by atoms with Crippen LogP contribution < -0.4 is 5.32 Å². The first-order valence-corrected chi connectivity index (χ1v) is 8.12. The first-order chi connectivity index (χ1) is 9.69. The molecule has 120 valence electrons. The molecule has 1 rings (SSSR count). The van der Waals surface area contributed by atoms with Crippen molar-refractivity contribution in [2.45, 2.75) is 44.8 Å². The molecule has 6 nitrogen and oxygen atoms in total. The van der Waals surface area contributed by atoms with Gasteiger partial charge in [0.25, 0.3) is 0 Å². The van der Waals surface area contributed by atoms with Crippen molar-refractivity contribution in [2.24, 2.45) is 5.92 Å². The molecule has 0 spiro atoms. The Balaban J connectivity index is 2.42. The lowest BCUT2D eigenvalue weighted by atomic mass is 10.0. The predicted molar refractivity (Wildman–Crippen MR) is 82.3 cm³/mol. The van der Waals surface area contributed by atoms with Crippen LogP contribution in [0.25, 0.3) is 0 Å². The van der Waals surface area contributed by atoms with Crippen molar-refractivity contribution in [3.63, 3.8) is 0 Å². The Hall–Kier alpha value is -1.24. The molecule has 0 aromatic rings. The number of urea groups is 1. The number of hydrogen-bond acceptors (Lipinski definition) is 4. The molecule has 21 heavy (non-hydrogen) atoms. The van der Waals surface area contributed by atoms with Gasteiger partial charge in [-0.25, -0.2) is 4.79 Å². The number of hydrogen-bond donors (Lipinski definition) is 2. The second-order valence-corrected chi connectivity index (χ2v) is 7.91. The third-order valence-electron chi connectivity index (χ3n) is 3.43. The molecule has 0 bridgehead atoms. The molecule has 1 heterocycles. The molecule has 0 radical (unpaired) electrons. The smallest absolute Gasteiger partial charge is 0.324 e. The number of rotatable bonds is 4. The number of aliphatic carboxylic acids is 1. The van der Waals surface area contributed by atoms with Crippen molar-refractivity contribution in [2.75, 3.05) is 18.8 Å². The summed E-state index contributed by atoms with van der Waals surface area (Å²) in [4.78, 5) is 36.0. The van der Waals surface area contributed by atoms with Crippen molar-refractivity contribution >= 4 is 29.7 Å². The number of thioether (sulfide) groups is 1. The largest absolute Gasteiger partial charge is 0.481 e. The van der Waals surface area contributed by atoms with Crippen LogP contribution in [0.5, 0.6) is 0 Å². The molecule has 1 atom stereocenters. The van der Waals surface area contributed by atoms with E-state index in [-0.39, 0.29) is 29.5 Å². The van der Waals surface area contributed by atoms with E-state index in [0.29, 0.717) is 13.1 Å². The zero-order valence-corrected chi connectivity index (χ0v) is 13.7. The average Bonchev–Trinajstić information content (AvgIpc) is 2.48. The normalized spacial score (nSPS) is 19.5. The van der Waals surface area contributed by atoms with E-state index in [1.807, 2.05) is 11.8 Å². The molecule has 1 aliphatic heterocycles. The highest BCUT2D eigenvalue weighted by Gasteiger charge is 2.26. The van der Waals surface area contributed by atoms with Crippen LogP contribution in [0.3, 0.4) is 0 Å². The Kier molecular flexibility index (Phi) is 6.51. The molecule has 0 saturated carbocycles. The lowest BCUT2D eigenvalue weighted by Crippen LogP contribution is -2.44. The van der Waals surface area contributed by atoms with Crippen LogP contribution in [0, 0.1) is 5.92 Å². The molecule has 1 saturated heterocycles. The summed E-state index contributed by atoms with van der Waals surface area (Å²) in [7, 11) is 0. The van der Waals surface area contributed by atoms with Crippen molar-refractivity contribution < 1.29 is 19.5 Å². The summed E-state index contributed by atoms with van der Waals surface area (Å²) in [6, 6.07) is -0.374. The number of carboxylic acids is 1. The fraction of sp³-hybridized carbons (Fsp3) is 0.786. The van der Waals surface area contributed by atoms with Gasteiger partial charge in [-0.15, -0.1) is 0 Å². The topological polar surface area (TPSA) is 86.7 Å². The second-order valence-electron chi connectivity index (χ2n) is 6.11. The SMILES string of the molecule is CC(CC(=O)O)CC(=O)NC(=O)N1CCSC(C)(C)CC1. The van der Waals surface area contributed by atoms with Gasteiger partial charge in [0.2, 0.25) is 5.91 Å². The van der Waals surface area contributed by atoms with E-state index in [9.17, 15) is 14.4 Å². The number of amides is 3. The molecule has 0 aromatic carbocycles. The first-order valence-electron chi connectivity index (χ1n) is 7.14. The van der Waals surface area contributed by atoms with Gasteiger partial charge in [0.15, 0.2) is 0 Å². The summed E-state index contributed by atoms with van der Waals surface area (Å²) in [6.07, 6.45) is 0.858. The first kappa shape index (κ1) is 17.8. The van der Waals surface area contributed by atoms with E-state index in [2.05, 4.69) is 19.2 Å². The highest BCUT2D eigenvalue weighted by molar-refractivity contribution is 8.00. The van der Waals surface area contributed by atoms with Crippen LogP contribution in [0.2, 0.25) is 0 Å². The predicted octanol–water partition coefficient (Wildman–Crippen LogP) is 1.94. The lowest BCUT2D eigenvalue weighted by molar-refractivity contribution is -0.138. The second kappa shape index (κ2) is 7.68. The van der Waals surface area contributed by atoms with Gasteiger partial charge < -0.3 is 10.0 Å². The number of carboxylic acid groups (broad SMARTS) is 1. The van der Waals surface area contributed by atoms with Crippen LogP contribution >= 0.6 is 11.8 Å². The maximum absolute atomic E-state index is 12.0. The van der Waals surface area contributed by atoms with Gasteiger partial charge in [-0.1, -0.05) is 20.8 Å². The Labute approximate surface area is 129 Å². The van der Waals surface area contributed by atoms with E-state index < -0.39 is 11.9 Å². The Bertz CT molecular complexity index is 412. The average molecular weight is 316 g/mol. The number of imide groups is 1. The number of nitrogens with one attached hydrogen (secondary N) is 1. The molecule has 0 aliphatic carbocycles. The zero-order chi connectivity index (χ0) is 16.0. The summed E-state index contributed by atoms with van der Waals surface area (Å²) < 4.78 is 0.148. The molecule has 1 aliphatic rings.